The van der Waals surface area contributed by atoms with Crippen molar-refractivity contribution in [3.63, 3.8) is 0 Å². The molecular weight excluding hydrogens is 240 g/mol. The van der Waals surface area contributed by atoms with E-state index in [1.807, 2.05) is 0 Å². The molecule has 0 aromatic rings. The normalized spacial score (nSPS) is 19.5. The van der Waals surface area contributed by atoms with Crippen molar-refractivity contribution in [1.29, 1.82) is 0 Å². The zero-order valence-electron chi connectivity index (χ0n) is 8.35. The summed E-state index contributed by atoms with van der Waals surface area (Å²) < 4.78 is 46.6. The fourth-order valence-electron chi connectivity index (χ4n) is 1.64. The summed E-state index contributed by atoms with van der Waals surface area (Å²) in [6, 6.07) is 0. The molecule has 1 saturated carbocycles. The molecule has 0 aromatic heterocycles. The van der Waals surface area contributed by atoms with Gasteiger partial charge in [-0.15, -0.1) is 0 Å². The van der Waals surface area contributed by atoms with Gasteiger partial charge in [-0.1, -0.05) is 12.8 Å². The summed E-state index contributed by atoms with van der Waals surface area (Å²) in [5.41, 5.74) is 0. The SMILES string of the molecule is NS(=O)(=O)CCNS(=O)(=O)C1CCCC1. The van der Waals surface area contributed by atoms with Crippen molar-refractivity contribution < 1.29 is 16.8 Å². The fraction of sp³-hybridized carbons (Fsp3) is 1.00. The molecule has 0 atom stereocenters. The highest BCUT2D eigenvalue weighted by molar-refractivity contribution is 7.90. The molecule has 90 valence electrons. The van der Waals surface area contributed by atoms with Gasteiger partial charge >= 0.3 is 0 Å². The Balaban J connectivity index is 2.43. The first kappa shape index (κ1) is 12.9. The van der Waals surface area contributed by atoms with E-state index < -0.39 is 20.0 Å². The second-order valence-electron chi connectivity index (χ2n) is 3.71. The first-order chi connectivity index (χ1) is 6.81. The van der Waals surface area contributed by atoms with E-state index in [0.29, 0.717) is 12.8 Å². The Bertz CT molecular complexity index is 395. The van der Waals surface area contributed by atoms with Crippen LogP contribution in [0.15, 0.2) is 0 Å². The van der Waals surface area contributed by atoms with Crippen LogP contribution in [0.25, 0.3) is 0 Å². The maximum Gasteiger partial charge on any atom is 0.214 e. The molecule has 3 N–H and O–H groups in total. The number of primary sulfonamides is 1. The van der Waals surface area contributed by atoms with Crippen LogP contribution in [0.4, 0.5) is 0 Å². The Kier molecular flexibility index (Phi) is 4.10. The summed E-state index contributed by atoms with van der Waals surface area (Å²) >= 11 is 0. The van der Waals surface area contributed by atoms with Gasteiger partial charge in [0.25, 0.3) is 0 Å². The summed E-state index contributed by atoms with van der Waals surface area (Å²) in [7, 11) is -6.95. The Morgan fingerprint density at radius 1 is 1.13 bits per heavy atom. The van der Waals surface area contributed by atoms with E-state index in [1.165, 1.54) is 0 Å². The van der Waals surface area contributed by atoms with E-state index in [4.69, 9.17) is 5.14 Å². The standard InChI is InChI=1S/C7H16N2O4S2/c8-14(10,11)6-5-9-15(12,13)7-3-1-2-4-7/h7,9H,1-6H2,(H2,8,10,11). The summed E-state index contributed by atoms with van der Waals surface area (Å²) in [4.78, 5) is 0. The molecule has 1 fully saturated rings. The minimum absolute atomic E-state index is 0.141. The van der Waals surface area contributed by atoms with Crippen LogP contribution in [0.2, 0.25) is 0 Å². The first-order valence-corrected chi connectivity index (χ1v) is 8.06. The minimum Gasteiger partial charge on any atom is -0.229 e. The fourth-order valence-corrected chi connectivity index (χ4v) is 3.73. The molecule has 1 rings (SSSR count). The van der Waals surface area contributed by atoms with Crippen LogP contribution in [0.1, 0.15) is 25.7 Å². The van der Waals surface area contributed by atoms with Gasteiger partial charge in [0, 0.05) is 6.54 Å². The van der Waals surface area contributed by atoms with Crippen molar-refractivity contribution in [3.8, 4) is 0 Å². The van der Waals surface area contributed by atoms with Gasteiger partial charge in [-0.25, -0.2) is 26.7 Å². The van der Waals surface area contributed by atoms with E-state index in [-0.39, 0.29) is 17.5 Å². The third-order valence-corrected chi connectivity index (χ3v) is 5.16. The molecule has 0 heterocycles. The van der Waals surface area contributed by atoms with Gasteiger partial charge in [-0.3, -0.25) is 0 Å². The van der Waals surface area contributed by atoms with Gasteiger partial charge in [-0.05, 0) is 12.8 Å². The molecular formula is C7H16N2O4S2. The van der Waals surface area contributed by atoms with Crippen LogP contribution in [0.3, 0.4) is 0 Å². The highest BCUT2D eigenvalue weighted by Gasteiger charge is 2.28. The van der Waals surface area contributed by atoms with E-state index in [0.717, 1.165) is 12.8 Å². The third-order valence-electron chi connectivity index (χ3n) is 2.43. The van der Waals surface area contributed by atoms with Gasteiger partial charge in [0.05, 0.1) is 11.0 Å². The van der Waals surface area contributed by atoms with Crippen molar-refractivity contribution >= 4 is 20.0 Å². The molecule has 0 bridgehead atoms. The second-order valence-corrected chi connectivity index (χ2v) is 7.49. The lowest BCUT2D eigenvalue weighted by molar-refractivity contribution is 0.566. The largest absolute Gasteiger partial charge is 0.229 e. The van der Waals surface area contributed by atoms with Crippen LogP contribution in [-0.4, -0.2) is 34.4 Å². The van der Waals surface area contributed by atoms with E-state index in [1.54, 1.807) is 0 Å². The summed E-state index contributed by atoms with van der Waals surface area (Å²) in [6.07, 6.45) is 3.15. The average Bonchev–Trinajstić information content (AvgIpc) is 2.52. The number of rotatable bonds is 5. The van der Waals surface area contributed by atoms with Crippen molar-refractivity contribution in [2.45, 2.75) is 30.9 Å². The summed E-state index contributed by atoms with van der Waals surface area (Å²) in [5.74, 6) is -0.362. The second kappa shape index (κ2) is 4.77. The zero-order valence-corrected chi connectivity index (χ0v) is 9.98. The van der Waals surface area contributed by atoms with E-state index >= 15 is 0 Å². The Labute approximate surface area is 90.3 Å². The van der Waals surface area contributed by atoms with Crippen LogP contribution in [-0.2, 0) is 20.0 Å². The molecule has 0 saturated heterocycles. The third kappa shape index (κ3) is 4.45. The van der Waals surface area contributed by atoms with Crippen LogP contribution < -0.4 is 9.86 Å². The van der Waals surface area contributed by atoms with Crippen molar-refractivity contribution in [1.82, 2.24) is 4.72 Å². The van der Waals surface area contributed by atoms with E-state index in [9.17, 15) is 16.8 Å². The van der Waals surface area contributed by atoms with Crippen LogP contribution >= 0.6 is 0 Å². The number of sulfonamides is 2. The van der Waals surface area contributed by atoms with Gasteiger partial charge in [0.1, 0.15) is 0 Å². The molecule has 15 heavy (non-hydrogen) atoms. The number of nitrogens with one attached hydrogen (secondary N) is 1. The van der Waals surface area contributed by atoms with Crippen molar-refractivity contribution in [3.05, 3.63) is 0 Å². The van der Waals surface area contributed by atoms with Crippen molar-refractivity contribution in [2.24, 2.45) is 5.14 Å². The lowest BCUT2D eigenvalue weighted by Gasteiger charge is -2.11. The lowest BCUT2D eigenvalue weighted by atomic mass is 10.4. The number of hydrogen-bond acceptors (Lipinski definition) is 4. The Morgan fingerprint density at radius 3 is 2.13 bits per heavy atom. The molecule has 8 heteroatoms. The molecule has 0 aromatic carbocycles. The predicted octanol–water partition coefficient (Wildman–Crippen LogP) is -0.863. The molecule has 0 spiro atoms. The van der Waals surface area contributed by atoms with E-state index in [2.05, 4.69) is 4.72 Å². The molecule has 0 radical (unpaired) electrons. The topological polar surface area (TPSA) is 106 Å². The Hall–Kier alpha value is -0.180. The van der Waals surface area contributed by atoms with Gasteiger partial charge in [-0.2, -0.15) is 0 Å². The van der Waals surface area contributed by atoms with Gasteiger partial charge in [0.2, 0.25) is 20.0 Å². The maximum atomic E-state index is 11.6. The monoisotopic (exact) mass is 256 g/mol. The average molecular weight is 256 g/mol. The minimum atomic E-state index is -3.60. The lowest BCUT2D eigenvalue weighted by Crippen LogP contribution is -2.36. The molecule has 1 aliphatic carbocycles. The molecule has 0 aliphatic heterocycles. The van der Waals surface area contributed by atoms with Crippen LogP contribution in [0.5, 0.6) is 0 Å². The quantitative estimate of drug-likeness (QED) is 0.667. The summed E-state index contributed by atoms with van der Waals surface area (Å²) in [6.45, 7) is -0.141. The number of nitrogens with two attached hydrogens (primary N) is 1. The smallest absolute Gasteiger partial charge is 0.214 e. The molecule has 0 amide bonds. The summed E-state index contributed by atoms with van der Waals surface area (Å²) in [5, 5.41) is 4.39. The molecule has 0 unspecified atom stereocenters. The zero-order chi connectivity index (χ0) is 11.5. The van der Waals surface area contributed by atoms with Crippen LogP contribution in [0, 0.1) is 0 Å². The number of hydrogen-bond donors (Lipinski definition) is 2. The predicted molar refractivity (Wildman–Crippen MR) is 57.2 cm³/mol. The van der Waals surface area contributed by atoms with Gasteiger partial charge in [0.15, 0.2) is 0 Å². The van der Waals surface area contributed by atoms with Gasteiger partial charge < -0.3 is 0 Å². The molecule has 1 aliphatic rings. The highest BCUT2D eigenvalue weighted by Crippen LogP contribution is 2.23. The maximum absolute atomic E-state index is 11.6. The Morgan fingerprint density at radius 2 is 1.67 bits per heavy atom. The molecule has 6 nitrogen and oxygen atoms in total. The first-order valence-electron chi connectivity index (χ1n) is 4.80. The highest BCUT2D eigenvalue weighted by atomic mass is 32.2. The van der Waals surface area contributed by atoms with Crippen molar-refractivity contribution in [2.75, 3.05) is 12.3 Å².